The lowest BCUT2D eigenvalue weighted by atomic mass is 10.2. The maximum absolute atomic E-state index is 5.60. The third-order valence-corrected chi connectivity index (χ3v) is 2.48. The van der Waals surface area contributed by atoms with Gasteiger partial charge in [-0.05, 0) is 32.0 Å². The third kappa shape index (κ3) is 2.87. The van der Waals surface area contributed by atoms with Gasteiger partial charge in [0.1, 0.15) is 5.75 Å². The zero-order valence-corrected chi connectivity index (χ0v) is 10.4. The van der Waals surface area contributed by atoms with Gasteiger partial charge in [0, 0.05) is 6.42 Å². The fourth-order valence-electron chi connectivity index (χ4n) is 1.64. The number of hydrogen-bond donors (Lipinski definition) is 1. The molecule has 2 N–H and O–H groups in total. The van der Waals surface area contributed by atoms with E-state index >= 15 is 0 Å². The van der Waals surface area contributed by atoms with Crippen molar-refractivity contribution < 1.29 is 9.15 Å². The van der Waals surface area contributed by atoms with Crippen LogP contribution in [0.15, 0.2) is 28.7 Å². The molecule has 0 spiro atoms. The fourth-order valence-corrected chi connectivity index (χ4v) is 1.64. The minimum absolute atomic E-state index is 0.492. The Kier molecular flexibility index (Phi) is 4.30. The molecule has 0 saturated carbocycles. The van der Waals surface area contributed by atoms with Crippen LogP contribution in [-0.4, -0.2) is 23.3 Å². The van der Waals surface area contributed by atoms with E-state index in [1.165, 1.54) is 0 Å². The first-order chi connectivity index (χ1) is 8.85. The summed E-state index contributed by atoms with van der Waals surface area (Å²) in [5, 5.41) is 8.05. The number of hydrogen-bond acceptors (Lipinski definition) is 5. The number of aryl methyl sites for hydroxylation is 1. The number of para-hydroxylation sites is 1. The Morgan fingerprint density at radius 1 is 1.28 bits per heavy atom. The van der Waals surface area contributed by atoms with Gasteiger partial charge in [0.2, 0.25) is 5.89 Å². The van der Waals surface area contributed by atoms with Crippen LogP contribution in [0.1, 0.15) is 19.2 Å². The SMILES string of the molecule is CCOc1ccccc1-c1nnc(CCCN)o1. The Balaban J connectivity index is 2.22. The van der Waals surface area contributed by atoms with Gasteiger partial charge in [-0.3, -0.25) is 0 Å². The molecular formula is C13H17N3O2. The Morgan fingerprint density at radius 2 is 2.11 bits per heavy atom. The van der Waals surface area contributed by atoms with Gasteiger partial charge in [0.25, 0.3) is 5.89 Å². The molecule has 0 bridgehead atoms. The van der Waals surface area contributed by atoms with Crippen molar-refractivity contribution in [3.63, 3.8) is 0 Å². The maximum atomic E-state index is 5.60. The minimum atomic E-state index is 0.492. The number of nitrogens with zero attached hydrogens (tertiary/aromatic N) is 2. The smallest absolute Gasteiger partial charge is 0.251 e. The minimum Gasteiger partial charge on any atom is -0.493 e. The van der Waals surface area contributed by atoms with Crippen molar-refractivity contribution in [2.45, 2.75) is 19.8 Å². The second-order valence-corrected chi connectivity index (χ2v) is 3.82. The number of ether oxygens (including phenoxy) is 1. The van der Waals surface area contributed by atoms with Gasteiger partial charge in [-0.25, -0.2) is 0 Å². The number of nitrogens with two attached hydrogens (primary N) is 1. The average molecular weight is 247 g/mol. The zero-order chi connectivity index (χ0) is 12.8. The lowest BCUT2D eigenvalue weighted by Gasteiger charge is -2.06. The molecule has 0 unspecified atom stereocenters. The van der Waals surface area contributed by atoms with Crippen LogP contribution < -0.4 is 10.5 Å². The maximum Gasteiger partial charge on any atom is 0.251 e. The van der Waals surface area contributed by atoms with Crippen molar-refractivity contribution in [2.24, 2.45) is 5.73 Å². The summed E-state index contributed by atoms with van der Waals surface area (Å²) in [6, 6.07) is 7.63. The summed E-state index contributed by atoms with van der Waals surface area (Å²) >= 11 is 0. The van der Waals surface area contributed by atoms with E-state index in [1.54, 1.807) is 0 Å². The van der Waals surface area contributed by atoms with E-state index in [9.17, 15) is 0 Å². The van der Waals surface area contributed by atoms with E-state index in [0.29, 0.717) is 31.4 Å². The molecule has 0 amide bonds. The summed E-state index contributed by atoms with van der Waals surface area (Å²) in [6.45, 7) is 3.16. The van der Waals surface area contributed by atoms with Crippen molar-refractivity contribution in [1.82, 2.24) is 10.2 Å². The van der Waals surface area contributed by atoms with Crippen molar-refractivity contribution in [3.8, 4) is 17.2 Å². The first kappa shape index (κ1) is 12.6. The van der Waals surface area contributed by atoms with E-state index in [2.05, 4.69) is 10.2 Å². The largest absolute Gasteiger partial charge is 0.493 e. The highest BCUT2D eigenvalue weighted by Crippen LogP contribution is 2.28. The quantitative estimate of drug-likeness (QED) is 0.845. The van der Waals surface area contributed by atoms with E-state index < -0.39 is 0 Å². The third-order valence-electron chi connectivity index (χ3n) is 2.48. The van der Waals surface area contributed by atoms with Crippen LogP contribution >= 0.6 is 0 Å². The first-order valence-corrected chi connectivity index (χ1v) is 6.09. The first-order valence-electron chi connectivity index (χ1n) is 6.09. The summed E-state index contributed by atoms with van der Waals surface area (Å²) in [4.78, 5) is 0. The molecule has 2 aromatic rings. The van der Waals surface area contributed by atoms with Gasteiger partial charge < -0.3 is 14.9 Å². The molecular weight excluding hydrogens is 230 g/mol. The molecule has 0 saturated heterocycles. The normalized spacial score (nSPS) is 10.6. The molecule has 2 rings (SSSR count). The number of aromatic nitrogens is 2. The van der Waals surface area contributed by atoms with Crippen LogP contribution in [0, 0.1) is 0 Å². The van der Waals surface area contributed by atoms with Crippen molar-refractivity contribution in [2.75, 3.05) is 13.2 Å². The van der Waals surface area contributed by atoms with Gasteiger partial charge in [0.15, 0.2) is 0 Å². The summed E-state index contributed by atoms with van der Waals surface area (Å²) in [5.41, 5.74) is 6.27. The lowest BCUT2D eigenvalue weighted by Crippen LogP contribution is -2.00. The number of rotatable bonds is 6. The second kappa shape index (κ2) is 6.16. The summed E-state index contributed by atoms with van der Waals surface area (Å²) in [6.07, 6.45) is 1.55. The molecule has 1 aromatic carbocycles. The Hall–Kier alpha value is -1.88. The molecule has 5 heteroatoms. The molecule has 0 aliphatic heterocycles. The molecule has 96 valence electrons. The van der Waals surface area contributed by atoms with E-state index in [4.69, 9.17) is 14.9 Å². The average Bonchev–Trinajstić information content (AvgIpc) is 2.86. The van der Waals surface area contributed by atoms with Gasteiger partial charge in [-0.2, -0.15) is 0 Å². The van der Waals surface area contributed by atoms with Crippen molar-refractivity contribution in [1.29, 1.82) is 0 Å². The Labute approximate surface area is 106 Å². The molecule has 0 aliphatic rings. The van der Waals surface area contributed by atoms with Gasteiger partial charge in [-0.1, -0.05) is 12.1 Å². The second-order valence-electron chi connectivity index (χ2n) is 3.82. The molecule has 0 radical (unpaired) electrons. The predicted molar refractivity (Wildman–Crippen MR) is 68.3 cm³/mol. The molecule has 0 atom stereocenters. The van der Waals surface area contributed by atoms with Crippen LogP contribution in [0.3, 0.4) is 0 Å². The van der Waals surface area contributed by atoms with Crippen LogP contribution in [-0.2, 0) is 6.42 Å². The van der Waals surface area contributed by atoms with E-state index in [0.717, 1.165) is 17.7 Å². The molecule has 1 aromatic heterocycles. The van der Waals surface area contributed by atoms with Gasteiger partial charge in [0.05, 0.1) is 12.2 Å². The Morgan fingerprint density at radius 3 is 2.89 bits per heavy atom. The van der Waals surface area contributed by atoms with Crippen LogP contribution in [0.5, 0.6) is 5.75 Å². The van der Waals surface area contributed by atoms with Gasteiger partial charge >= 0.3 is 0 Å². The predicted octanol–water partition coefficient (Wildman–Crippen LogP) is 2.03. The number of benzene rings is 1. The highest BCUT2D eigenvalue weighted by molar-refractivity contribution is 5.62. The standard InChI is InChI=1S/C13H17N3O2/c1-2-17-11-7-4-3-6-10(11)13-16-15-12(18-13)8-5-9-14/h3-4,6-7H,2,5,8-9,14H2,1H3. The molecule has 0 aliphatic carbocycles. The highest BCUT2D eigenvalue weighted by atomic mass is 16.5. The van der Waals surface area contributed by atoms with Crippen LogP contribution in [0.2, 0.25) is 0 Å². The molecule has 18 heavy (non-hydrogen) atoms. The molecule has 0 fully saturated rings. The topological polar surface area (TPSA) is 74.2 Å². The van der Waals surface area contributed by atoms with Gasteiger partial charge in [-0.15, -0.1) is 10.2 Å². The van der Waals surface area contributed by atoms with E-state index in [-0.39, 0.29) is 0 Å². The van der Waals surface area contributed by atoms with Crippen LogP contribution in [0.4, 0.5) is 0 Å². The summed E-state index contributed by atoms with van der Waals surface area (Å²) < 4.78 is 11.1. The highest BCUT2D eigenvalue weighted by Gasteiger charge is 2.12. The fraction of sp³-hybridized carbons (Fsp3) is 0.385. The van der Waals surface area contributed by atoms with Crippen molar-refractivity contribution in [3.05, 3.63) is 30.2 Å². The summed E-state index contributed by atoms with van der Waals surface area (Å²) in [5.74, 6) is 1.86. The Bertz CT molecular complexity index is 496. The summed E-state index contributed by atoms with van der Waals surface area (Å²) in [7, 11) is 0. The van der Waals surface area contributed by atoms with Crippen LogP contribution in [0.25, 0.3) is 11.5 Å². The lowest BCUT2D eigenvalue weighted by molar-refractivity contribution is 0.340. The molecule has 5 nitrogen and oxygen atoms in total. The van der Waals surface area contributed by atoms with Crippen molar-refractivity contribution >= 4 is 0 Å². The molecule has 1 heterocycles. The van der Waals surface area contributed by atoms with E-state index in [1.807, 2.05) is 31.2 Å². The zero-order valence-electron chi connectivity index (χ0n) is 10.4. The monoisotopic (exact) mass is 247 g/mol.